The van der Waals surface area contributed by atoms with E-state index in [4.69, 9.17) is 4.74 Å². The van der Waals surface area contributed by atoms with Crippen LogP contribution in [-0.2, 0) is 0 Å². The van der Waals surface area contributed by atoms with Crippen molar-refractivity contribution in [2.24, 2.45) is 0 Å². The number of pyridine rings is 2. The second-order valence-corrected chi connectivity index (χ2v) is 6.75. The number of hydrogen-bond donors (Lipinski definition) is 2. The highest BCUT2D eigenvalue weighted by atomic mass is 16.5. The van der Waals surface area contributed by atoms with Gasteiger partial charge in [0.25, 0.3) is 0 Å². The molecule has 1 aromatic carbocycles. The van der Waals surface area contributed by atoms with Crippen LogP contribution in [0.4, 0.5) is 0 Å². The zero-order valence-electron chi connectivity index (χ0n) is 14.7. The van der Waals surface area contributed by atoms with Crippen molar-refractivity contribution in [1.82, 2.24) is 24.8 Å². The first-order valence-electron chi connectivity index (χ1n) is 8.66. The summed E-state index contributed by atoms with van der Waals surface area (Å²) in [6.45, 7) is 1.47. The summed E-state index contributed by atoms with van der Waals surface area (Å²) in [6, 6.07) is 10.0. The maximum atomic E-state index is 6.14. The van der Waals surface area contributed by atoms with Crippen LogP contribution in [0.25, 0.3) is 43.9 Å². The minimum atomic E-state index is 0.617. The van der Waals surface area contributed by atoms with Gasteiger partial charge >= 0.3 is 0 Å². The number of H-pyrrole nitrogens is 2. The van der Waals surface area contributed by atoms with Gasteiger partial charge in [0.15, 0.2) is 0 Å². The molecule has 130 valence electrons. The summed E-state index contributed by atoms with van der Waals surface area (Å²) in [4.78, 5) is 18.3. The lowest BCUT2D eigenvalue weighted by Gasteiger charge is -2.12. The lowest BCUT2D eigenvalue weighted by Crippen LogP contribution is -2.19. The zero-order valence-corrected chi connectivity index (χ0v) is 14.7. The molecule has 0 aliphatic rings. The van der Waals surface area contributed by atoms with Crippen LogP contribution in [0.2, 0.25) is 0 Å². The van der Waals surface area contributed by atoms with Crippen LogP contribution in [0.3, 0.4) is 0 Å². The molecule has 5 rings (SSSR count). The van der Waals surface area contributed by atoms with Gasteiger partial charge in [0, 0.05) is 24.3 Å². The van der Waals surface area contributed by atoms with Crippen molar-refractivity contribution in [2.75, 3.05) is 27.2 Å². The smallest absolute Gasteiger partial charge is 0.144 e. The quantitative estimate of drug-likeness (QED) is 0.521. The van der Waals surface area contributed by atoms with E-state index in [9.17, 15) is 0 Å². The van der Waals surface area contributed by atoms with Crippen molar-refractivity contribution in [3.05, 3.63) is 42.7 Å². The lowest BCUT2D eigenvalue weighted by molar-refractivity contribution is 0.263. The Kier molecular flexibility index (Phi) is 3.33. The predicted octanol–water partition coefficient (Wildman–Crippen LogP) is 3.69. The van der Waals surface area contributed by atoms with Crippen LogP contribution in [0.1, 0.15) is 0 Å². The lowest BCUT2D eigenvalue weighted by atomic mass is 10.1. The fourth-order valence-electron chi connectivity index (χ4n) is 3.48. The number of aromatic amines is 2. The largest absolute Gasteiger partial charge is 0.490 e. The highest BCUT2D eigenvalue weighted by Gasteiger charge is 2.18. The molecule has 0 saturated carbocycles. The predicted molar refractivity (Wildman–Crippen MR) is 105 cm³/mol. The summed E-state index contributed by atoms with van der Waals surface area (Å²) in [5.41, 5.74) is 5.91. The van der Waals surface area contributed by atoms with Gasteiger partial charge in [-0.15, -0.1) is 0 Å². The summed E-state index contributed by atoms with van der Waals surface area (Å²) in [5.74, 6) is 0.832. The molecule has 0 fully saturated rings. The first kappa shape index (κ1) is 15.2. The van der Waals surface area contributed by atoms with E-state index >= 15 is 0 Å². The fraction of sp³-hybridized carbons (Fsp3) is 0.200. The van der Waals surface area contributed by atoms with E-state index in [0.717, 1.165) is 56.2 Å². The van der Waals surface area contributed by atoms with E-state index in [1.54, 1.807) is 0 Å². The maximum Gasteiger partial charge on any atom is 0.144 e. The summed E-state index contributed by atoms with van der Waals surface area (Å²) >= 11 is 0. The van der Waals surface area contributed by atoms with Crippen molar-refractivity contribution in [3.63, 3.8) is 0 Å². The van der Waals surface area contributed by atoms with Gasteiger partial charge in [-0.05, 0) is 44.4 Å². The van der Waals surface area contributed by atoms with E-state index in [1.807, 2.05) is 50.8 Å². The molecule has 0 saturated heterocycles. The Morgan fingerprint density at radius 2 is 1.65 bits per heavy atom. The maximum absolute atomic E-state index is 6.14. The molecule has 0 bridgehead atoms. The number of benzene rings is 1. The van der Waals surface area contributed by atoms with Gasteiger partial charge in [-0.3, -0.25) is 9.97 Å². The van der Waals surface area contributed by atoms with Gasteiger partial charge in [0.2, 0.25) is 0 Å². The SMILES string of the molecule is CN(C)CCOc1cc2c3ncccc3[nH]c2c2c1[nH]c1cccnc12. The third-order valence-electron chi connectivity index (χ3n) is 4.71. The summed E-state index contributed by atoms with van der Waals surface area (Å²) in [6.07, 6.45) is 3.64. The Hall–Kier alpha value is -3.12. The molecule has 0 amide bonds. The fourth-order valence-corrected chi connectivity index (χ4v) is 3.48. The number of likely N-dealkylation sites (N-methyl/N-ethyl adjacent to an activating group) is 1. The molecule has 4 heterocycles. The molecular weight excluding hydrogens is 326 g/mol. The molecule has 6 heteroatoms. The van der Waals surface area contributed by atoms with E-state index in [1.165, 1.54) is 0 Å². The van der Waals surface area contributed by atoms with Gasteiger partial charge in [-0.2, -0.15) is 0 Å². The third-order valence-corrected chi connectivity index (χ3v) is 4.71. The Labute approximate surface area is 149 Å². The highest BCUT2D eigenvalue weighted by Crippen LogP contribution is 2.39. The Morgan fingerprint density at radius 1 is 0.962 bits per heavy atom. The van der Waals surface area contributed by atoms with Gasteiger partial charge in [-0.25, -0.2) is 0 Å². The number of rotatable bonds is 4. The molecule has 6 nitrogen and oxygen atoms in total. The molecule has 2 N–H and O–H groups in total. The Morgan fingerprint density at radius 3 is 2.42 bits per heavy atom. The number of ether oxygens (including phenoxy) is 1. The molecule has 0 unspecified atom stereocenters. The van der Waals surface area contributed by atoms with Crippen LogP contribution in [0.5, 0.6) is 5.75 Å². The van der Waals surface area contributed by atoms with Gasteiger partial charge in [0.1, 0.15) is 12.4 Å². The molecule has 5 aromatic rings. The van der Waals surface area contributed by atoms with Crippen molar-refractivity contribution in [1.29, 1.82) is 0 Å². The van der Waals surface area contributed by atoms with E-state index in [2.05, 4.69) is 30.9 Å². The summed E-state index contributed by atoms with van der Waals surface area (Å²) < 4.78 is 6.14. The zero-order chi connectivity index (χ0) is 17.7. The average Bonchev–Trinajstić information content (AvgIpc) is 3.20. The first-order valence-corrected chi connectivity index (χ1v) is 8.66. The summed E-state index contributed by atoms with van der Waals surface area (Å²) in [7, 11) is 4.08. The molecule has 0 aliphatic carbocycles. The molecule has 26 heavy (non-hydrogen) atoms. The highest BCUT2D eigenvalue weighted by molar-refractivity contribution is 6.24. The molecular formula is C20H19N5O. The van der Waals surface area contributed by atoms with Gasteiger partial charge < -0.3 is 19.6 Å². The van der Waals surface area contributed by atoms with Crippen molar-refractivity contribution in [2.45, 2.75) is 0 Å². The van der Waals surface area contributed by atoms with Crippen LogP contribution < -0.4 is 4.74 Å². The second-order valence-electron chi connectivity index (χ2n) is 6.75. The van der Waals surface area contributed by atoms with Gasteiger partial charge in [-0.1, -0.05) is 0 Å². The van der Waals surface area contributed by atoms with E-state index < -0.39 is 0 Å². The molecule has 4 aromatic heterocycles. The summed E-state index contributed by atoms with van der Waals surface area (Å²) in [5, 5.41) is 2.11. The second kappa shape index (κ2) is 5.71. The third kappa shape index (κ3) is 2.23. The van der Waals surface area contributed by atoms with Crippen molar-refractivity contribution in [3.8, 4) is 5.75 Å². The van der Waals surface area contributed by atoms with Crippen LogP contribution >= 0.6 is 0 Å². The van der Waals surface area contributed by atoms with Crippen LogP contribution in [-0.4, -0.2) is 52.1 Å². The monoisotopic (exact) mass is 345 g/mol. The van der Waals surface area contributed by atoms with Crippen LogP contribution in [0, 0.1) is 0 Å². The number of fused-ring (bicyclic) bond motifs is 7. The van der Waals surface area contributed by atoms with Crippen molar-refractivity contribution < 1.29 is 4.74 Å². The topological polar surface area (TPSA) is 69.8 Å². The number of nitrogens with zero attached hydrogens (tertiary/aromatic N) is 3. The minimum absolute atomic E-state index is 0.617. The van der Waals surface area contributed by atoms with E-state index in [-0.39, 0.29) is 0 Å². The standard InChI is InChI=1S/C20H19N5O/c1-25(2)9-10-26-15-11-12-17-13(5-3-7-21-17)23-18(12)16-19-14(24-20(15)16)6-4-8-22-19/h3-8,11,23-24H,9-10H2,1-2H3. The van der Waals surface area contributed by atoms with Crippen molar-refractivity contribution >= 4 is 43.9 Å². The molecule has 0 spiro atoms. The van der Waals surface area contributed by atoms with E-state index in [0.29, 0.717) is 6.61 Å². The number of hydrogen-bond acceptors (Lipinski definition) is 4. The molecule has 0 atom stereocenters. The number of nitrogens with one attached hydrogen (secondary N) is 2. The first-order chi connectivity index (χ1) is 12.7. The molecule has 0 aliphatic heterocycles. The average molecular weight is 345 g/mol. The van der Waals surface area contributed by atoms with Gasteiger partial charge in [0.05, 0.1) is 38.5 Å². The Balaban J connectivity index is 1.85. The minimum Gasteiger partial charge on any atom is -0.490 e. The Bertz CT molecular complexity index is 1250. The van der Waals surface area contributed by atoms with Crippen LogP contribution in [0.15, 0.2) is 42.7 Å². The molecule has 0 radical (unpaired) electrons. The number of aromatic nitrogens is 4. The normalized spacial score (nSPS) is 12.1.